The third kappa shape index (κ3) is 6.64. The monoisotopic (exact) mass is 490 g/mol. The number of nitrogens with one attached hydrogen (secondary N) is 2. The number of aliphatic imine (C=N–C) groups is 1. The van der Waals surface area contributed by atoms with Crippen molar-refractivity contribution < 1.29 is 9.52 Å². The lowest BCUT2D eigenvalue weighted by molar-refractivity contribution is 0.0436. The molecule has 0 spiro atoms. The molecule has 3 rings (SSSR count). The maximum Gasteiger partial charge on any atom is 0.191 e. The number of rotatable bonds is 7. The zero-order chi connectivity index (χ0) is 18.4. The number of guanidine groups is 1. The Kier molecular flexibility index (Phi) is 8.88. The van der Waals surface area contributed by atoms with Crippen LogP contribution in [0.4, 0.5) is 0 Å². The van der Waals surface area contributed by atoms with Crippen molar-refractivity contribution in [1.29, 1.82) is 0 Å². The third-order valence-electron chi connectivity index (χ3n) is 5.55. The van der Waals surface area contributed by atoms with Crippen molar-refractivity contribution in [3.8, 4) is 0 Å². The van der Waals surface area contributed by atoms with E-state index in [9.17, 15) is 5.11 Å². The van der Waals surface area contributed by atoms with E-state index in [4.69, 9.17) is 4.42 Å². The highest BCUT2D eigenvalue weighted by Crippen LogP contribution is 2.26. The zero-order valence-electron chi connectivity index (χ0n) is 16.6. The van der Waals surface area contributed by atoms with Gasteiger partial charge in [-0.05, 0) is 51.2 Å². The number of furan rings is 1. The molecule has 1 saturated carbocycles. The molecule has 2 unspecified atom stereocenters. The number of halogens is 1. The van der Waals surface area contributed by atoms with E-state index in [1.54, 1.807) is 25.3 Å². The van der Waals surface area contributed by atoms with Gasteiger partial charge in [0.25, 0.3) is 0 Å². The van der Waals surface area contributed by atoms with Crippen LogP contribution in [0.5, 0.6) is 0 Å². The predicted octanol–water partition coefficient (Wildman–Crippen LogP) is 2.92. The van der Waals surface area contributed by atoms with Gasteiger partial charge in [0.15, 0.2) is 5.96 Å². The van der Waals surface area contributed by atoms with E-state index in [1.165, 1.54) is 32.2 Å². The summed E-state index contributed by atoms with van der Waals surface area (Å²) < 4.78 is 5.33. The normalized spacial score (nSPS) is 23.8. The molecule has 7 heteroatoms. The van der Waals surface area contributed by atoms with Crippen molar-refractivity contribution in [2.75, 3.05) is 32.7 Å². The van der Waals surface area contributed by atoms with Crippen molar-refractivity contribution in [1.82, 2.24) is 15.5 Å². The summed E-state index contributed by atoms with van der Waals surface area (Å²) in [4.78, 5) is 7.19. The molecule has 1 aliphatic carbocycles. The third-order valence-corrected chi connectivity index (χ3v) is 5.55. The lowest BCUT2D eigenvalue weighted by Crippen LogP contribution is -2.45. The summed E-state index contributed by atoms with van der Waals surface area (Å²) in [5, 5.41) is 17.4. The number of nitrogens with zero attached hydrogens (tertiary/aromatic N) is 2. The first kappa shape index (κ1) is 22.5. The van der Waals surface area contributed by atoms with E-state index >= 15 is 0 Å². The molecular formula is C20H35IN4O2. The van der Waals surface area contributed by atoms with Crippen molar-refractivity contribution in [2.24, 2.45) is 10.9 Å². The Morgan fingerprint density at radius 1 is 1.37 bits per heavy atom. The molecule has 1 saturated heterocycles. The Labute approximate surface area is 180 Å². The Bertz CT molecular complexity index is 571. The first-order valence-electron chi connectivity index (χ1n) is 10.1. The standard InChI is InChI=1S/C20H34N4O2.HI/c1-3-21-19(22-15-20(2,25)18-9-6-12-26-18)23-17-10-11-24(14-17)13-16-7-4-5-8-16;/h6,9,12,16-17,25H,3-5,7-8,10-11,13-15H2,1-2H3,(H2,21,22,23);1H. The lowest BCUT2D eigenvalue weighted by Gasteiger charge is -2.22. The number of hydrogen-bond acceptors (Lipinski definition) is 4. The van der Waals surface area contributed by atoms with Crippen LogP contribution in [0.1, 0.15) is 51.7 Å². The highest BCUT2D eigenvalue weighted by atomic mass is 127. The minimum atomic E-state index is -1.10. The molecule has 3 N–H and O–H groups in total. The van der Waals surface area contributed by atoms with Gasteiger partial charge in [-0.15, -0.1) is 24.0 Å². The fraction of sp³-hybridized carbons (Fsp3) is 0.750. The van der Waals surface area contributed by atoms with Crippen LogP contribution in [0.2, 0.25) is 0 Å². The summed E-state index contributed by atoms with van der Waals surface area (Å²) in [7, 11) is 0. The second kappa shape index (κ2) is 10.7. The molecule has 0 aromatic carbocycles. The minimum Gasteiger partial charge on any atom is -0.466 e. The smallest absolute Gasteiger partial charge is 0.191 e. The summed E-state index contributed by atoms with van der Waals surface area (Å²) in [6.07, 6.45) is 8.35. The van der Waals surface area contributed by atoms with Gasteiger partial charge in [-0.2, -0.15) is 0 Å². The summed E-state index contributed by atoms with van der Waals surface area (Å²) in [6, 6.07) is 3.99. The quantitative estimate of drug-likeness (QED) is 0.312. The summed E-state index contributed by atoms with van der Waals surface area (Å²) in [5.74, 6) is 2.21. The molecule has 1 aromatic rings. The molecule has 0 bridgehead atoms. The fourth-order valence-corrected chi connectivity index (χ4v) is 4.08. The van der Waals surface area contributed by atoms with Gasteiger partial charge in [-0.3, -0.25) is 0 Å². The second-order valence-corrected chi connectivity index (χ2v) is 7.99. The molecule has 1 aliphatic heterocycles. The van der Waals surface area contributed by atoms with Gasteiger partial charge in [0.2, 0.25) is 0 Å². The van der Waals surface area contributed by atoms with Crippen molar-refractivity contribution in [3.05, 3.63) is 24.2 Å². The molecule has 2 atom stereocenters. The first-order chi connectivity index (χ1) is 12.6. The number of likely N-dealkylation sites (tertiary alicyclic amines) is 1. The zero-order valence-corrected chi connectivity index (χ0v) is 18.9. The van der Waals surface area contributed by atoms with Gasteiger partial charge >= 0.3 is 0 Å². The molecule has 0 radical (unpaired) electrons. The molecule has 154 valence electrons. The number of hydrogen-bond donors (Lipinski definition) is 3. The van der Waals surface area contributed by atoms with Crippen LogP contribution in [0.3, 0.4) is 0 Å². The van der Waals surface area contributed by atoms with Gasteiger partial charge in [0.05, 0.1) is 12.8 Å². The van der Waals surface area contributed by atoms with Gasteiger partial charge in [0.1, 0.15) is 11.4 Å². The van der Waals surface area contributed by atoms with Crippen LogP contribution >= 0.6 is 24.0 Å². The van der Waals surface area contributed by atoms with Crippen LogP contribution in [0.15, 0.2) is 27.8 Å². The molecule has 6 nitrogen and oxygen atoms in total. The average Bonchev–Trinajstić information content (AvgIpc) is 3.36. The molecule has 0 amide bonds. The topological polar surface area (TPSA) is 73.0 Å². The molecular weight excluding hydrogens is 455 g/mol. The van der Waals surface area contributed by atoms with Gasteiger partial charge in [0, 0.05) is 32.2 Å². The van der Waals surface area contributed by atoms with E-state index in [-0.39, 0.29) is 30.5 Å². The average molecular weight is 490 g/mol. The minimum absolute atomic E-state index is 0. The Morgan fingerprint density at radius 2 is 2.15 bits per heavy atom. The highest BCUT2D eigenvalue weighted by molar-refractivity contribution is 14.0. The van der Waals surface area contributed by atoms with Gasteiger partial charge in [-0.25, -0.2) is 4.99 Å². The maximum absolute atomic E-state index is 10.6. The van der Waals surface area contributed by atoms with Gasteiger partial charge < -0.3 is 25.1 Å². The van der Waals surface area contributed by atoms with Crippen LogP contribution in [-0.4, -0.2) is 54.7 Å². The molecule has 2 aliphatic rings. The lowest BCUT2D eigenvalue weighted by atomic mass is 10.0. The first-order valence-corrected chi connectivity index (χ1v) is 10.1. The van der Waals surface area contributed by atoms with Crippen LogP contribution in [0, 0.1) is 5.92 Å². The number of aliphatic hydroxyl groups is 1. The van der Waals surface area contributed by atoms with Crippen LogP contribution in [0.25, 0.3) is 0 Å². The largest absolute Gasteiger partial charge is 0.466 e. The Hall–Kier alpha value is -0.800. The van der Waals surface area contributed by atoms with Crippen molar-refractivity contribution >= 4 is 29.9 Å². The summed E-state index contributed by atoms with van der Waals surface area (Å²) >= 11 is 0. The molecule has 2 fully saturated rings. The fourth-order valence-electron chi connectivity index (χ4n) is 4.08. The van der Waals surface area contributed by atoms with Crippen molar-refractivity contribution in [3.63, 3.8) is 0 Å². The SMILES string of the molecule is CCNC(=NCC(C)(O)c1ccco1)NC1CCN(CC2CCCC2)C1.I. The van der Waals surface area contributed by atoms with Crippen LogP contribution < -0.4 is 10.6 Å². The highest BCUT2D eigenvalue weighted by Gasteiger charge is 2.28. The maximum atomic E-state index is 10.6. The van der Waals surface area contributed by atoms with E-state index in [0.29, 0.717) is 11.8 Å². The summed E-state index contributed by atoms with van der Waals surface area (Å²) in [5.41, 5.74) is -1.10. The van der Waals surface area contributed by atoms with E-state index in [2.05, 4.69) is 27.4 Å². The van der Waals surface area contributed by atoms with Gasteiger partial charge in [-0.1, -0.05) is 12.8 Å². The predicted molar refractivity (Wildman–Crippen MR) is 120 cm³/mol. The van der Waals surface area contributed by atoms with E-state index < -0.39 is 5.60 Å². The molecule has 2 heterocycles. The van der Waals surface area contributed by atoms with Crippen LogP contribution in [-0.2, 0) is 5.60 Å². The van der Waals surface area contributed by atoms with Crippen molar-refractivity contribution in [2.45, 2.75) is 57.6 Å². The molecule has 27 heavy (non-hydrogen) atoms. The Morgan fingerprint density at radius 3 is 2.81 bits per heavy atom. The Balaban J connectivity index is 0.00000261. The summed E-state index contributed by atoms with van der Waals surface area (Å²) in [6.45, 7) is 8.34. The van der Waals surface area contributed by atoms with E-state index in [0.717, 1.165) is 37.9 Å². The molecule has 1 aromatic heterocycles. The second-order valence-electron chi connectivity index (χ2n) is 7.99. The van der Waals surface area contributed by atoms with E-state index in [1.807, 2.05) is 0 Å².